The number of benzene rings is 1. The highest BCUT2D eigenvalue weighted by Crippen LogP contribution is 2.07. The first-order chi connectivity index (χ1) is 10.2. The lowest BCUT2D eigenvalue weighted by Gasteiger charge is -2.37. The summed E-state index contributed by atoms with van der Waals surface area (Å²) in [6, 6.07) is 9.85. The van der Waals surface area contributed by atoms with Gasteiger partial charge in [0.2, 0.25) is 5.91 Å². The molecule has 1 saturated heterocycles. The second-order valence-electron chi connectivity index (χ2n) is 5.48. The summed E-state index contributed by atoms with van der Waals surface area (Å²) in [5, 5.41) is 11.9. The first kappa shape index (κ1) is 15.9. The molecule has 2 rings (SSSR count). The number of piperazine rings is 1. The molecular formula is C16H25N3O2. The molecule has 0 radical (unpaired) electrons. The van der Waals surface area contributed by atoms with Crippen LogP contribution in [-0.2, 0) is 11.3 Å². The maximum absolute atomic E-state index is 12.2. The molecule has 1 aliphatic rings. The van der Waals surface area contributed by atoms with Crippen LogP contribution in [0.15, 0.2) is 30.3 Å². The predicted molar refractivity (Wildman–Crippen MR) is 82.8 cm³/mol. The van der Waals surface area contributed by atoms with Gasteiger partial charge in [-0.05, 0) is 12.5 Å². The van der Waals surface area contributed by atoms with E-state index < -0.39 is 0 Å². The van der Waals surface area contributed by atoms with Crippen LogP contribution in [0.1, 0.15) is 12.5 Å². The number of nitrogens with zero attached hydrogens (tertiary/aromatic N) is 2. The Kier molecular flexibility index (Phi) is 6.17. The van der Waals surface area contributed by atoms with Gasteiger partial charge in [0.05, 0.1) is 12.6 Å². The Labute approximate surface area is 126 Å². The molecule has 116 valence electrons. The topological polar surface area (TPSA) is 55.8 Å². The van der Waals surface area contributed by atoms with E-state index in [2.05, 4.69) is 15.1 Å². The molecule has 1 amide bonds. The summed E-state index contributed by atoms with van der Waals surface area (Å²) in [6.07, 6.45) is 0. The van der Waals surface area contributed by atoms with E-state index in [0.717, 1.165) is 38.3 Å². The lowest BCUT2D eigenvalue weighted by molar-refractivity contribution is -0.126. The van der Waals surface area contributed by atoms with E-state index >= 15 is 0 Å². The molecule has 1 aromatic rings. The molecule has 0 bridgehead atoms. The Morgan fingerprint density at radius 2 is 1.90 bits per heavy atom. The second-order valence-corrected chi connectivity index (χ2v) is 5.48. The maximum atomic E-state index is 12.2. The lowest BCUT2D eigenvalue weighted by atomic mass is 10.2. The number of aliphatic hydroxyl groups excluding tert-OH is 1. The number of β-amino-alcohol motifs (C(OH)–C–C–N with tert-alkyl or cyclic N) is 1. The van der Waals surface area contributed by atoms with Crippen LogP contribution in [0.3, 0.4) is 0 Å². The van der Waals surface area contributed by atoms with Crippen LogP contribution >= 0.6 is 0 Å². The van der Waals surface area contributed by atoms with Gasteiger partial charge in [0.1, 0.15) is 0 Å². The Morgan fingerprint density at radius 3 is 2.52 bits per heavy atom. The number of aliphatic hydroxyl groups is 1. The molecule has 0 aromatic heterocycles. The Hall–Kier alpha value is -1.43. The zero-order valence-corrected chi connectivity index (χ0v) is 12.7. The smallest absolute Gasteiger partial charge is 0.237 e. The van der Waals surface area contributed by atoms with Gasteiger partial charge in [-0.25, -0.2) is 0 Å². The molecule has 1 heterocycles. The number of carbonyl (C=O) groups is 1. The largest absolute Gasteiger partial charge is 0.395 e. The van der Waals surface area contributed by atoms with E-state index in [1.165, 1.54) is 0 Å². The van der Waals surface area contributed by atoms with E-state index in [1.54, 1.807) is 0 Å². The molecule has 0 saturated carbocycles. The first-order valence-electron chi connectivity index (χ1n) is 7.59. The van der Waals surface area contributed by atoms with Crippen LogP contribution in [0, 0.1) is 0 Å². The van der Waals surface area contributed by atoms with Crippen LogP contribution in [-0.4, -0.2) is 66.2 Å². The van der Waals surface area contributed by atoms with Crippen molar-refractivity contribution in [2.45, 2.75) is 19.5 Å². The Balaban J connectivity index is 1.75. The SMILES string of the molecule is CC(C(=O)NCc1ccccc1)N1CCN(CCO)CC1. The van der Waals surface area contributed by atoms with Gasteiger partial charge in [-0.1, -0.05) is 30.3 Å². The van der Waals surface area contributed by atoms with Crippen molar-refractivity contribution in [3.63, 3.8) is 0 Å². The van der Waals surface area contributed by atoms with Gasteiger partial charge in [0.15, 0.2) is 0 Å². The summed E-state index contributed by atoms with van der Waals surface area (Å²) >= 11 is 0. The third-order valence-electron chi connectivity index (χ3n) is 4.06. The normalized spacial score (nSPS) is 18.4. The number of carbonyl (C=O) groups excluding carboxylic acids is 1. The van der Waals surface area contributed by atoms with Crippen molar-refractivity contribution in [2.75, 3.05) is 39.3 Å². The second kappa shape index (κ2) is 8.12. The number of hydrogen-bond acceptors (Lipinski definition) is 4. The van der Waals surface area contributed by atoms with Crippen LogP contribution in [0.4, 0.5) is 0 Å². The summed E-state index contributed by atoms with van der Waals surface area (Å²) in [5.74, 6) is 0.0782. The molecule has 1 atom stereocenters. The number of hydrogen-bond donors (Lipinski definition) is 2. The minimum atomic E-state index is -0.106. The summed E-state index contributed by atoms with van der Waals surface area (Å²) in [6.45, 7) is 7.04. The van der Waals surface area contributed by atoms with Crippen molar-refractivity contribution in [3.8, 4) is 0 Å². The van der Waals surface area contributed by atoms with Gasteiger partial charge in [0.25, 0.3) is 0 Å². The molecule has 1 unspecified atom stereocenters. The van der Waals surface area contributed by atoms with E-state index in [-0.39, 0.29) is 18.6 Å². The molecule has 0 spiro atoms. The van der Waals surface area contributed by atoms with Crippen molar-refractivity contribution in [1.29, 1.82) is 0 Å². The molecule has 5 heteroatoms. The Bertz CT molecular complexity index is 430. The fraction of sp³-hybridized carbons (Fsp3) is 0.562. The highest BCUT2D eigenvalue weighted by Gasteiger charge is 2.24. The quantitative estimate of drug-likeness (QED) is 0.791. The van der Waals surface area contributed by atoms with Gasteiger partial charge in [-0.15, -0.1) is 0 Å². The minimum Gasteiger partial charge on any atom is -0.395 e. The van der Waals surface area contributed by atoms with Crippen molar-refractivity contribution in [2.24, 2.45) is 0 Å². The van der Waals surface area contributed by atoms with E-state index in [9.17, 15) is 4.79 Å². The van der Waals surface area contributed by atoms with Crippen LogP contribution in [0.2, 0.25) is 0 Å². The lowest BCUT2D eigenvalue weighted by Crippen LogP contribution is -2.54. The van der Waals surface area contributed by atoms with Crippen molar-refractivity contribution in [1.82, 2.24) is 15.1 Å². The van der Waals surface area contributed by atoms with E-state index in [4.69, 9.17) is 5.11 Å². The third-order valence-corrected chi connectivity index (χ3v) is 4.06. The molecule has 1 aliphatic heterocycles. The average Bonchev–Trinajstić information content (AvgIpc) is 2.54. The monoisotopic (exact) mass is 291 g/mol. The van der Waals surface area contributed by atoms with Gasteiger partial charge in [0, 0.05) is 39.3 Å². The summed E-state index contributed by atoms with van der Waals surface area (Å²) < 4.78 is 0. The molecule has 5 nitrogen and oxygen atoms in total. The fourth-order valence-corrected chi connectivity index (χ4v) is 2.61. The zero-order valence-electron chi connectivity index (χ0n) is 12.7. The number of amides is 1. The first-order valence-corrected chi connectivity index (χ1v) is 7.59. The standard InChI is InChI=1S/C16H25N3O2/c1-14(19-9-7-18(8-10-19)11-12-20)16(21)17-13-15-5-3-2-4-6-15/h2-6,14,20H,7-13H2,1H3,(H,17,21). The van der Waals surface area contributed by atoms with Crippen LogP contribution < -0.4 is 5.32 Å². The fourth-order valence-electron chi connectivity index (χ4n) is 2.61. The molecule has 1 aromatic carbocycles. The number of rotatable bonds is 6. The average molecular weight is 291 g/mol. The predicted octanol–water partition coefficient (Wildman–Crippen LogP) is 0.301. The van der Waals surface area contributed by atoms with Gasteiger partial charge in [-0.3, -0.25) is 14.6 Å². The van der Waals surface area contributed by atoms with Crippen molar-refractivity contribution >= 4 is 5.91 Å². The molecular weight excluding hydrogens is 266 g/mol. The molecule has 0 aliphatic carbocycles. The molecule has 21 heavy (non-hydrogen) atoms. The van der Waals surface area contributed by atoms with Gasteiger partial charge in [-0.2, -0.15) is 0 Å². The minimum absolute atomic E-state index is 0.0782. The van der Waals surface area contributed by atoms with Crippen molar-refractivity contribution < 1.29 is 9.90 Å². The van der Waals surface area contributed by atoms with Crippen LogP contribution in [0.5, 0.6) is 0 Å². The zero-order chi connectivity index (χ0) is 15.1. The summed E-state index contributed by atoms with van der Waals surface area (Å²) in [5.41, 5.74) is 1.12. The Morgan fingerprint density at radius 1 is 1.24 bits per heavy atom. The summed E-state index contributed by atoms with van der Waals surface area (Å²) in [4.78, 5) is 16.6. The van der Waals surface area contributed by atoms with Crippen molar-refractivity contribution in [3.05, 3.63) is 35.9 Å². The summed E-state index contributed by atoms with van der Waals surface area (Å²) in [7, 11) is 0. The van der Waals surface area contributed by atoms with Gasteiger partial charge < -0.3 is 10.4 Å². The molecule has 1 fully saturated rings. The highest BCUT2D eigenvalue weighted by molar-refractivity contribution is 5.81. The highest BCUT2D eigenvalue weighted by atomic mass is 16.3. The van der Waals surface area contributed by atoms with Gasteiger partial charge >= 0.3 is 0 Å². The molecule has 2 N–H and O–H groups in total. The maximum Gasteiger partial charge on any atom is 0.237 e. The number of nitrogens with one attached hydrogen (secondary N) is 1. The van der Waals surface area contributed by atoms with E-state index in [0.29, 0.717) is 6.54 Å². The third kappa shape index (κ3) is 4.81. The van der Waals surface area contributed by atoms with Crippen LogP contribution in [0.25, 0.3) is 0 Å². The van der Waals surface area contributed by atoms with E-state index in [1.807, 2.05) is 37.3 Å².